The summed E-state index contributed by atoms with van der Waals surface area (Å²) in [7, 11) is -3.64. The van der Waals surface area contributed by atoms with E-state index in [1.165, 1.54) is 13.1 Å². The van der Waals surface area contributed by atoms with E-state index in [4.69, 9.17) is 4.74 Å². The molecule has 0 aliphatic carbocycles. The highest BCUT2D eigenvalue weighted by Crippen LogP contribution is 2.27. The Morgan fingerprint density at radius 1 is 1.52 bits per heavy atom. The highest BCUT2D eigenvalue weighted by molar-refractivity contribution is 7.85. The van der Waals surface area contributed by atoms with Crippen LogP contribution in [0.4, 0.5) is 0 Å². The maximum absolute atomic E-state index is 11.7. The van der Waals surface area contributed by atoms with Crippen LogP contribution in [0.5, 0.6) is 0 Å². The molecular weight excluding hydrogens is 304 g/mol. The first-order valence-electron chi connectivity index (χ1n) is 6.17. The molecule has 0 amide bonds. The van der Waals surface area contributed by atoms with E-state index in [-0.39, 0.29) is 13.0 Å². The number of ether oxygens (including phenoxy) is 1. The Bertz CT molecular complexity index is 736. The van der Waals surface area contributed by atoms with Gasteiger partial charge in [0.15, 0.2) is 0 Å². The fraction of sp³-hybridized carbons (Fsp3) is 0.636. The molecule has 10 heteroatoms. The minimum Gasteiger partial charge on any atom is -0.390 e. The van der Waals surface area contributed by atoms with Crippen molar-refractivity contribution in [2.75, 3.05) is 12.9 Å². The van der Waals surface area contributed by atoms with Gasteiger partial charge >= 0.3 is 5.69 Å². The van der Waals surface area contributed by atoms with Gasteiger partial charge in [0.2, 0.25) is 0 Å². The van der Waals surface area contributed by atoms with Gasteiger partial charge in [0.05, 0.1) is 19.0 Å². The molecule has 2 N–H and O–H groups in total. The molecule has 0 saturated carbocycles. The molecule has 0 spiro atoms. The maximum atomic E-state index is 11.7. The van der Waals surface area contributed by atoms with Gasteiger partial charge in [-0.05, 0) is 6.92 Å². The lowest BCUT2D eigenvalue weighted by Crippen LogP contribution is -2.33. The van der Waals surface area contributed by atoms with Gasteiger partial charge < -0.3 is 9.84 Å². The molecule has 1 aliphatic heterocycles. The van der Waals surface area contributed by atoms with E-state index in [0.29, 0.717) is 5.56 Å². The van der Waals surface area contributed by atoms with Crippen LogP contribution in [0, 0.1) is 6.92 Å². The maximum Gasteiger partial charge on any atom is 0.330 e. The first-order valence-corrected chi connectivity index (χ1v) is 7.99. The van der Waals surface area contributed by atoms with E-state index in [2.05, 4.69) is 9.17 Å². The number of H-pyrrole nitrogens is 1. The Hall–Kier alpha value is -1.49. The topological polar surface area (TPSA) is 128 Å². The summed E-state index contributed by atoms with van der Waals surface area (Å²) in [6.45, 7) is 1.19. The van der Waals surface area contributed by atoms with Crippen molar-refractivity contribution in [1.29, 1.82) is 0 Å². The number of aryl methyl sites for hydroxylation is 1. The lowest BCUT2D eigenvalue weighted by Gasteiger charge is -2.15. The van der Waals surface area contributed by atoms with Crippen molar-refractivity contribution in [3.05, 3.63) is 32.6 Å². The zero-order valence-electron chi connectivity index (χ0n) is 11.5. The molecule has 1 fully saturated rings. The van der Waals surface area contributed by atoms with Crippen molar-refractivity contribution >= 4 is 10.1 Å². The Balaban J connectivity index is 2.16. The second-order valence-electron chi connectivity index (χ2n) is 4.90. The molecule has 9 nitrogen and oxygen atoms in total. The summed E-state index contributed by atoms with van der Waals surface area (Å²) >= 11 is 0. The van der Waals surface area contributed by atoms with Gasteiger partial charge in [-0.3, -0.25) is 18.5 Å². The number of nitrogens with one attached hydrogen (secondary N) is 1. The first kappa shape index (κ1) is 15.9. The van der Waals surface area contributed by atoms with Crippen molar-refractivity contribution < 1.29 is 22.4 Å². The molecule has 2 rings (SSSR count). The predicted octanol–water partition coefficient (Wildman–Crippen LogP) is -1.53. The molecule has 0 aromatic carbocycles. The average molecular weight is 320 g/mol. The van der Waals surface area contributed by atoms with Crippen LogP contribution >= 0.6 is 0 Å². The van der Waals surface area contributed by atoms with Crippen LogP contribution in [0.25, 0.3) is 0 Å². The third-order valence-corrected chi connectivity index (χ3v) is 3.67. The molecule has 2 heterocycles. The molecule has 1 aromatic heterocycles. The van der Waals surface area contributed by atoms with Crippen LogP contribution in [-0.4, -0.2) is 48.1 Å². The Morgan fingerprint density at radius 2 is 2.19 bits per heavy atom. The molecule has 3 atom stereocenters. The number of nitrogens with zero attached hydrogens (tertiary/aromatic N) is 1. The lowest BCUT2D eigenvalue weighted by atomic mass is 10.2. The third kappa shape index (κ3) is 3.79. The summed E-state index contributed by atoms with van der Waals surface area (Å²) < 4.78 is 33.0. The SMILES string of the molecule is Cc1cn([C@@H]2C[C@H](O)[C@@H](COS(C)(=O)=O)O2)c(=O)[nH]c1=O. The van der Waals surface area contributed by atoms with Crippen molar-refractivity contribution in [2.24, 2.45) is 0 Å². The highest BCUT2D eigenvalue weighted by Gasteiger charge is 2.36. The van der Waals surface area contributed by atoms with Gasteiger partial charge in [0.1, 0.15) is 12.3 Å². The van der Waals surface area contributed by atoms with E-state index in [0.717, 1.165) is 10.8 Å². The normalized spacial score (nSPS) is 26.1. The fourth-order valence-corrected chi connectivity index (χ4v) is 2.41. The van der Waals surface area contributed by atoms with Crippen molar-refractivity contribution in [3.63, 3.8) is 0 Å². The molecule has 1 aliphatic rings. The molecule has 21 heavy (non-hydrogen) atoms. The van der Waals surface area contributed by atoms with Crippen LogP contribution in [0.2, 0.25) is 0 Å². The highest BCUT2D eigenvalue weighted by atomic mass is 32.2. The molecular formula is C11H16N2O7S. The van der Waals surface area contributed by atoms with Crippen LogP contribution in [0.15, 0.2) is 15.8 Å². The number of aromatic amines is 1. The second-order valence-corrected chi connectivity index (χ2v) is 6.54. The second kappa shape index (κ2) is 5.72. The molecule has 0 unspecified atom stereocenters. The zero-order chi connectivity index (χ0) is 15.8. The first-order chi connectivity index (χ1) is 9.67. The third-order valence-electron chi connectivity index (χ3n) is 3.11. The minimum absolute atomic E-state index is 0.0865. The smallest absolute Gasteiger partial charge is 0.330 e. The van der Waals surface area contributed by atoms with Crippen molar-refractivity contribution in [2.45, 2.75) is 31.8 Å². The Morgan fingerprint density at radius 3 is 2.81 bits per heavy atom. The summed E-state index contributed by atoms with van der Waals surface area (Å²) in [5, 5.41) is 9.85. The van der Waals surface area contributed by atoms with E-state index in [1.54, 1.807) is 0 Å². The van der Waals surface area contributed by atoms with Gasteiger partial charge in [-0.25, -0.2) is 4.79 Å². The van der Waals surface area contributed by atoms with Crippen LogP contribution in [-0.2, 0) is 19.0 Å². The molecule has 1 saturated heterocycles. The lowest BCUT2D eigenvalue weighted by molar-refractivity contribution is -0.0398. The fourth-order valence-electron chi connectivity index (χ4n) is 2.03. The quantitative estimate of drug-likeness (QED) is 0.644. The zero-order valence-corrected chi connectivity index (χ0v) is 12.3. The minimum atomic E-state index is -3.64. The number of aliphatic hydroxyl groups excluding tert-OH is 1. The van der Waals surface area contributed by atoms with Crippen LogP contribution < -0.4 is 11.2 Å². The van der Waals surface area contributed by atoms with Gasteiger partial charge in [-0.1, -0.05) is 0 Å². The standard InChI is InChI=1S/C11H16N2O7S/c1-6-4-13(11(16)12-10(6)15)9-3-7(14)8(20-9)5-19-21(2,17)18/h4,7-9,14H,3,5H2,1-2H3,(H,12,15,16)/t7-,8+,9-/m0/s1. The van der Waals surface area contributed by atoms with E-state index in [1.807, 2.05) is 0 Å². The largest absolute Gasteiger partial charge is 0.390 e. The Labute approximate surface area is 120 Å². The van der Waals surface area contributed by atoms with Gasteiger partial charge in [-0.2, -0.15) is 8.42 Å². The van der Waals surface area contributed by atoms with Crippen LogP contribution in [0.1, 0.15) is 18.2 Å². The Kier molecular flexibility index (Phi) is 4.33. The number of aliphatic hydroxyl groups is 1. The summed E-state index contributed by atoms with van der Waals surface area (Å²) in [5.74, 6) is 0. The van der Waals surface area contributed by atoms with Crippen molar-refractivity contribution in [3.8, 4) is 0 Å². The monoisotopic (exact) mass is 320 g/mol. The summed E-state index contributed by atoms with van der Waals surface area (Å²) in [6.07, 6.45) is -0.334. The molecule has 0 bridgehead atoms. The number of hydrogen-bond donors (Lipinski definition) is 2. The van der Waals surface area contributed by atoms with Crippen LogP contribution in [0.3, 0.4) is 0 Å². The van der Waals surface area contributed by atoms with Gasteiger partial charge in [0, 0.05) is 18.2 Å². The molecule has 118 valence electrons. The summed E-state index contributed by atoms with van der Waals surface area (Å²) in [5.41, 5.74) is -0.831. The number of aromatic nitrogens is 2. The number of hydrogen-bond acceptors (Lipinski definition) is 7. The number of rotatable bonds is 4. The average Bonchev–Trinajstić information content (AvgIpc) is 2.72. The van der Waals surface area contributed by atoms with E-state index < -0.39 is 39.8 Å². The predicted molar refractivity (Wildman–Crippen MR) is 71.4 cm³/mol. The van der Waals surface area contributed by atoms with Gasteiger partial charge in [-0.15, -0.1) is 0 Å². The van der Waals surface area contributed by atoms with Crippen molar-refractivity contribution in [1.82, 2.24) is 9.55 Å². The molecule has 1 aromatic rings. The summed E-state index contributed by atoms with van der Waals surface area (Å²) in [4.78, 5) is 25.2. The van der Waals surface area contributed by atoms with E-state index in [9.17, 15) is 23.1 Å². The summed E-state index contributed by atoms with van der Waals surface area (Å²) in [6, 6.07) is 0. The molecule has 0 radical (unpaired) electrons. The van der Waals surface area contributed by atoms with E-state index >= 15 is 0 Å². The van der Waals surface area contributed by atoms with Gasteiger partial charge in [0.25, 0.3) is 15.7 Å².